The zero-order chi connectivity index (χ0) is 7.78. The maximum atomic E-state index is 4.08. The molecule has 0 N–H and O–H groups in total. The number of hydrogen-bond donors (Lipinski definition) is 0. The number of hydrogen-bond acceptors (Lipinski definition) is 2. The van der Waals surface area contributed by atoms with Crippen LogP contribution in [-0.4, -0.2) is 24.0 Å². The molecule has 3 heteroatoms. The van der Waals surface area contributed by atoms with Gasteiger partial charge in [-0.3, -0.25) is 0 Å². The van der Waals surface area contributed by atoms with Crippen molar-refractivity contribution in [1.82, 2.24) is 0 Å². The summed E-state index contributed by atoms with van der Waals surface area (Å²) in [6, 6.07) is 0.248. The third kappa shape index (κ3) is 1.40. The largest absolute Gasteiger partial charge is 0.227 e. The normalized spacial score (nSPS) is 25.2. The van der Waals surface area contributed by atoms with Gasteiger partial charge in [-0.1, -0.05) is 20.8 Å². The summed E-state index contributed by atoms with van der Waals surface area (Å²) in [6.45, 7) is 6.48. The van der Waals surface area contributed by atoms with Crippen LogP contribution in [0.4, 0.5) is 0 Å². The molecule has 0 fully saturated rings. The Bertz CT molecular complexity index is 186. The van der Waals surface area contributed by atoms with Crippen molar-refractivity contribution in [2.75, 3.05) is 7.05 Å². The van der Waals surface area contributed by atoms with Crippen molar-refractivity contribution in [2.45, 2.75) is 26.8 Å². The first-order valence-electron chi connectivity index (χ1n) is 3.49. The molecule has 0 aromatic heterocycles. The molecule has 0 saturated carbocycles. The van der Waals surface area contributed by atoms with Gasteiger partial charge >= 0.3 is 0 Å². The number of nitrogens with zero attached hydrogens (tertiary/aromatic N) is 3. The van der Waals surface area contributed by atoms with Crippen LogP contribution >= 0.6 is 0 Å². The number of rotatable bonds is 0. The van der Waals surface area contributed by atoms with Crippen LogP contribution in [0.1, 0.15) is 20.8 Å². The molecule has 1 aliphatic rings. The molecule has 0 bridgehead atoms. The van der Waals surface area contributed by atoms with Gasteiger partial charge in [0.25, 0.3) is 0 Å². The molecule has 1 unspecified atom stereocenters. The Morgan fingerprint density at radius 2 is 2.00 bits per heavy atom. The van der Waals surface area contributed by atoms with Crippen LogP contribution in [0.2, 0.25) is 0 Å². The van der Waals surface area contributed by atoms with Crippen molar-refractivity contribution in [3.8, 4) is 0 Å². The SMILES string of the molecule is C[N+]1=CC(C(C)(C)C)N=N1. The standard InChI is InChI=1S/C7H14N3/c1-7(2,3)6-5-10(4)9-8-6/h5-6H,1-4H3/q+1. The van der Waals surface area contributed by atoms with Gasteiger partial charge in [-0.2, -0.15) is 0 Å². The van der Waals surface area contributed by atoms with Crippen LogP contribution < -0.4 is 0 Å². The molecule has 1 atom stereocenters. The molecule has 0 spiro atoms. The highest BCUT2D eigenvalue weighted by Crippen LogP contribution is 2.22. The van der Waals surface area contributed by atoms with E-state index in [0.717, 1.165) is 0 Å². The molecular weight excluding hydrogens is 126 g/mol. The van der Waals surface area contributed by atoms with Crippen LogP contribution in [0.3, 0.4) is 0 Å². The lowest BCUT2D eigenvalue weighted by Gasteiger charge is -2.14. The fraction of sp³-hybridized carbons (Fsp3) is 0.857. The minimum Gasteiger partial charge on any atom is -0.141 e. The smallest absolute Gasteiger partial charge is 0.141 e. The van der Waals surface area contributed by atoms with Crippen LogP contribution in [0.5, 0.6) is 0 Å². The van der Waals surface area contributed by atoms with Crippen molar-refractivity contribution in [3.05, 3.63) is 0 Å². The Balaban J connectivity index is 2.72. The average Bonchev–Trinajstić information content (AvgIpc) is 2.11. The topological polar surface area (TPSA) is 27.7 Å². The van der Waals surface area contributed by atoms with Crippen molar-refractivity contribution in [1.29, 1.82) is 0 Å². The van der Waals surface area contributed by atoms with Gasteiger partial charge in [-0.05, 0) is 0 Å². The van der Waals surface area contributed by atoms with Crippen LogP contribution in [0.15, 0.2) is 10.3 Å². The van der Waals surface area contributed by atoms with E-state index in [0.29, 0.717) is 0 Å². The fourth-order valence-electron chi connectivity index (χ4n) is 0.798. The third-order valence-electron chi connectivity index (χ3n) is 1.56. The fourth-order valence-corrected chi connectivity index (χ4v) is 0.798. The molecule has 0 amide bonds. The summed E-state index contributed by atoms with van der Waals surface area (Å²) in [5.74, 6) is 0. The van der Waals surface area contributed by atoms with Gasteiger partial charge in [0.2, 0.25) is 6.04 Å². The first-order valence-corrected chi connectivity index (χ1v) is 3.49. The molecule has 3 nitrogen and oxygen atoms in total. The second kappa shape index (κ2) is 2.15. The van der Waals surface area contributed by atoms with Gasteiger partial charge in [0.15, 0.2) is 0 Å². The average molecular weight is 140 g/mol. The van der Waals surface area contributed by atoms with Crippen molar-refractivity contribution in [3.63, 3.8) is 0 Å². The van der Waals surface area contributed by atoms with E-state index >= 15 is 0 Å². The minimum absolute atomic E-state index is 0.203. The van der Waals surface area contributed by atoms with E-state index in [-0.39, 0.29) is 11.5 Å². The minimum atomic E-state index is 0.203. The molecule has 0 radical (unpaired) electrons. The molecule has 1 rings (SSSR count). The van der Waals surface area contributed by atoms with Gasteiger partial charge in [-0.15, -0.1) is 4.68 Å². The van der Waals surface area contributed by atoms with Gasteiger partial charge in [-0.25, -0.2) is 0 Å². The van der Waals surface area contributed by atoms with Gasteiger partial charge < -0.3 is 0 Å². The highest BCUT2D eigenvalue weighted by molar-refractivity contribution is 5.61. The molecule has 0 aliphatic carbocycles. The molecule has 56 valence electrons. The van der Waals surface area contributed by atoms with Crippen LogP contribution in [-0.2, 0) is 0 Å². The summed E-state index contributed by atoms with van der Waals surface area (Å²) in [4.78, 5) is 0. The summed E-state index contributed by atoms with van der Waals surface area (Å²) in [7, 11) is 1.90. The Morgan fingerprint density at radius 3 is 2.20 bits per heavy atom. The maximum Gasteiger partial charge on any atom is 0.227 e. The lowest BCUT2D eigenvalue weighted by atomic mass is 9.88. The molecule has 10 heavy (non-hydrogen) atoms. The lowest BCUT2D eigenvalue weighted by Crippen LogP contribution is -2.24. The summed E-state index contributed by atoms with van der Waals surface area (Å²) >= 11 is 0. The summed E-state index contributed by atoms with van der Waals surface area (Å²) < 4.78 is 1.76. The zero-order valence-electron chi connectivity index (χ0n) is 7.00. The summed E-state index contributed by atoms with van der Waals surface area (Å²) in [5, 5.41) is 7.97. The van der Waals surface area contributed by atoms with E-state index in [1.165, 1.54) is 0 Å². The molecular formula is C7H14N3+. The van der Waals surface area contributed by atoms with Gasteiger partial charge in [0, 0.05) is 10.5 Å². The Morgan fingerprint density at radius 1 is 1.40 bits per heavy atom. The van der Waals surface area contributed by atoms with Crippen molar-refractivity contribution >= 4 is 6.21 Å². The van der Waals surface area contributed by atoms with E-state index in [4.69, 9.17) is 0 Å². The monoisotopic (exact) mass is 140 g/mol. The quantitative estimate of drug-likeness (QED) is 0.456. The maximum absolute atomic E-state index is 4.08. The molecule has 0 saturated heterocycles. The molecule has 1 aliphatic heterocycles. The Labute approximate surface area is 61.4 Å². The Kier molecular flexibility index (Phi) is 1.58. The van der Waals surface area contributed by atoms with E-state index in [1.807, 2.05) is 13.3 Å². The van der Waals surface area contributed by atoms with Crippen molar-refractivity contribution < 1.29 is 4.68 Å². The predicted molar refractivity (Wildman–Crippen MR) is 40.3 cm³/mol. The molecule has 1 heterocycles. The lowest BCUT2D eigenvalue weighted by molar-refractivity contribution is -0.501. The van der Waals surface area contributed by atoms with E-state index in [2.05, 4.69) is 31.1 Å². The van der Waals surface area contributed by atoms with E-state index < -0.39 is 0 Å². The molecule has 0 aromatic carbocycles. The van der Waals surface area contributed by atoms with E-state index in [9.17, 15) is 0 Å². The second-order valence-corrected chi connectivity index (χ2v) is 3.74. The van der Waals surface area contributed by atoms with Crippen LogP contribution in [0, 0.1) is 5.41 Å². The first-order chi connectivity index (χ1) is 4.50. The Hall–Kier alpha value is -0.730. The first kappa shape index (κ1) is 7.38. The zero-order valence-corrected chi connectivity index (χ0v) is 7.00. The molecule has 0 aromatic rings. The second-order valence-electron chi connectivity index (χ2n) is 3.74. The summed E-state index contributed by atoms with van der Waals surface area (Å²) in [6.07, 6.45) is 2.03. The highest BCUT2D eigenvalue weighted by atomic mass is 15.5. The highest BCUT2D eigenvalue weighted by Gasteiger charge is 2.32. The van der Waals surface area contributed by atoms with Gasteiger partial charge in [0.1, 0.15) is 18.5 Å². The van der Waals surface area contributed by atoms with Gasteiger partial charge in [0.05, 0.1) is 0 Å². The van der Waals surface area contributed by atoms with E-state index in [1.54, 1.807) is 4.68 Å². The van der Waals surface area contributed by atoms with Crippen molar-refractivity contribution in [2.24, 2.45) is 15.8 Å². The summed E-state index contributed by atoms with van der Waals surface area (Å²) in [5.41, 5.74) is 0.203. The predicted octanol–water partition coefficient (Wildman–Crippen LogP) is 1.50. The van der Waals surface area contributed by atoms with Crippen LogP contribution in [0.25, 0.3) is 0 Å². The third-order valence-corrected chi connectivity index (χ3v) is 1.56.